The second-order valence-corrected chi connectivity index (χ2v) is 5.10. The van der Waals surface area contributed by atoms with Crippen LogP contribution in [-0.2, 0) is 14.8 Å². The van der Waals surface area contributed by atoms with E-state index >= 15 is 0 Å². The molecular weight excluding hydrogens is 208 g/mol. The van der Waals surface area contributed by atoms with Gasteiger partial charge in [-0.2, -0.15) is 0 Å². The molecule has 1 atom stereocenters. The maximum Gasteiger partial charge on any atom is 0.320 e. The van der Waals surface area contributed by atoms with E-state index in [4.69, 9.17) is 5.11 Å². The molecule has 7 heteroatoms. The zero-order chi connectivity index (χ0) is 10.6. The maximum atomic E-state index is 11.1. The number of aliphatic carboxylic acids is 1. The Labute approximate surface area is 82.7 Å². The molecule has 0 amide bonds. The molecule has 0 aliphatic carbocycles. The summed E-state index contributed by atoms with van der Waals surface area (Å²) in [5, 5.41) is 11.4. The van der Waals surface area contributed by atoms with Crippen molar-refractivity contribution >= 4 is 16.0 Å². The van der Waals surface area contributed by atoms with E-state index in [1.54, 1.807) is 0 Å². The molecule has 1 saturated heterocycles. The first-order chi connectivity index (χ1) is 6.49. The van der Waals surface area contributed by atoms with Crippen LogP contribution in [-0.4, -0.2) is 44.4 Å². The van der Waals surface area contributed by atoms with Crippen molar-refractivity contribution in [3.05, 3.63) is 0 Å². The fourth-order valence-electron chi connectivity index (χ4n) is 1.37. The van der Waals surface area contributed by atoms with E-state index in [0.717, 1.165) is 19.4 Å². The first kappa shape index (κ1) is 11.4. The standard InChI is InChI=1S/C7H14N2O4S/c10-7(11)5-14(12,13)9-4-6-2-1-3-8-6/h6,8-9H,1-5H2,(H,10,11). The molecule has 0 spiro atoms. The minimum absolute atomic E-state index is 0.138. The van der Waals surface area contributed by atoms with Crippen LogP contribution in [0.4, 0.5) is 0 Å². The molecule has 1 aliphatic rings. The minimum Gasteiger partial charge on any atom is -0.480 e. The summed E-state index contributed by atoms with van der Waals surface area (Å²) in [5.41, 5.74) is 0. The Morgan fingerprint density at radius 3 is 2.79 bits per heavy atom. The number of sulfonamides is 1. The van der Waals surface area contributed by atoms with Crippen molar-refractivity contribution < 1.29 is 18.3 Å². The molecule has 0 aromatic rings. The molecule has 1 aliphatic heterocycles. The van der Waals surface area contributed by atoms with Crippen molar-refractivity contribution in [3.63, 3.8) is 0 Å². The molecule has 1 heterocycles. The quantitative estimate of drug-likeness (QED) is 0.540. The number of carbonyl (C=O) groups is 1. The van der Waals surface area contributed by atoms with E-state index in [1.165, 1.54) is 0 Å². The summed E-state index contributed by atoms with van der Waals surface area (Å²) in [5.74, 6) is -2.20. The third-order valence-electron chi connectivity index (χ3n) is 2.03. The highest BCUT2D eigenvalue weighted by Crippen LogP contribution is 2.03. The average molecular weight is 222 g/mol. The van der Waals surface area contributed by atoms with Gasteiger partial charge in [0.2, 0.25) is 10.0 Å². The first-order valence-corrected chi connectivity index (χ1v) is 6.07. The van der Waals surface area contributed by atoms with E-state index in [-0.39, 0.29) is 12.6 Å². The highest BCUT2D eigenvalue weighted by atomic mass is 32.2. The fraction of sp³-hybridized carbons (Fsp3) is 0.857. The Kier molecular flexibility index (Phi) is 3.85. The Balaban J connectivity index is 2.32. The van der Waals surface area contributed by atoms with Gasteiger partial charge >= 0.3 is 5.97 Å². The van der Waals surface area contributed by atoms with Gasteiger partial charge in [0.25, 0.3) is 0 Å². The van der Waals surface area contributed by atoms with Crippen LogP contribution in [0.3, 0.4) is 0 Å². The van der Waals surface area contributed by atoms with E-state index in [2.05, 4.69) is 10.0 Å². The topological polar surface area (TPSA) is 95.5 Å². The van der Waals surface area contributed by atoms with Crippen LogP contribution in [0.15, 0.2) is 0 Å². The Morgan fingerprint density at radius 2 is 2.29 bits per heavy atom. The van der Waals surface area contributed by atoms with Crippen LogP contribution < -0.4 is 10.0 Å². The number of hydrogen-bond donors (Lipinski definition) is 3. The summed E-state index contributed by atoms with van der Waals surface area (Å²) in [4.78, 5) is 10.2. The van der Waals surface area contributed by atoms with Crippen molar-refractivity contribution in [3.8, 4) is 0 Å². The predicted molar refractivity (Wildman–Crippen MR) is 50.5 cm³/mol. The van der Waals surface area contributed by atoms with E-state index < -0.39 is 21.7 Å². The third kappa shape index (κ3) is 4.03. The lowest BCUT2D eigenvalue weighted by atomic mass is 10.2. The Morgan fingerprint density at radius 1 is 1.57 bits per heavy atom. The molecule has 0 saturated carbocycles. The van der Waals surface area contributed by atoms with Gasteiger partial charge in [-0.15, -0.1) is 0 Å². The van der Waals surface area contributed by atoms with Gasteiger partial charge in [0.1, 0.15) is 0 Å². The molecule has 1 unspecified atom stereocenters. The lowest BCUT2D eigenvalue weighted by Crippen LogP contribution is -2.39. The molecule has 1 fully saturated rings. The Bertz CT molecular complexity index is 295. The average Bonchev–Trinajstić information content (AvgIpc) is 2.50. The molecule has 1 rings (SSSR count). The summed E-state index contributed by atoms with van der Waals surface area (Å²) >= 11 is 0. The van der Waals surface area contributed by atoms with Crippen LogP contribution in [0.2, 0.25) is 0 Å². The second kappa shape index (κ2) is 4.72. The highest BCUT2D eigenvalue weighted by molar-refractivity contribution is 7.90. The first-order valence-electron chi connectivity index (χ1n) is 4.42. The minimum atomic E-state index is -3.66. The molecule has 6 nitrogen and oxygen atoms in total. The number of nitrogens with one attached hydrogen (secondary N) is 2. The van der Waals surface area contributed by atoms with Crippen molar-refractivity contribution in [2.75, 3.05) is 18.8 Å². The van der Waals surface area contributed by atoms with Gasteiger partial charge in [0.05, 0.1) is 0 Å². The zero-order valence-corrected chi connectivity index (χ0v) is 8.51. The summed E-state index contributed by atoms with van der Waals surface area (Å²) in [6, 6.07) is 0.138. The SMILES string of the molecule is O=C(O)CS(=O)(=O)NCC1CCCN1. The summed E-state index contributed by atoms with van der Waals surface area (Å²) in [6.45, 7) is 1.17. The van der Waals surface area contributed by atoms with E-state index in [1.807, 2.05) is 0 Å². The predicted octanol–water partition coefficient (Wildman–Crippen LogP) is -1.26. The number of rotatable bonds is 5. The monoisotopic (exact) mass is 222 g/mol. The smallest absolute Gasteiger partial charge is 0.320 e. The highest BCUT2D eigenvalue weighted by Gasteiger charge is 2.19. The second-order valence-electron chi connectivity index (χ2n) is 3.29. The summed E-state index contributed by atoms with van der Waals surface area (Å²) < 4.78 is 24.4. The molecule has 0 aromatic heterocycles. The molecule has 14 heavy (non-hydrogen) atoms. The fourth-order valence-corrected chi connectivity index (χ4v) is 2.25. The number of carboxylic acids is 1. The van der Waals surface area contributed by atoms with Gasteiger partial charge in [-0.05, 0) is 19.4 Å². The molecular formula is C7H14N2O4S. The normalized spacial score (nSPS) is 22.4. The van der Waals surface area contributed by atoms with Gasteiger partial charge in [-0.1, -0.05) is 0 Å². The van der Waals surface area contributed by atoms with Crippen molar-refractivity contribution in [2.24, 2.45) is 0 Å². The molecule has 0 bridgehead atoms. The molecule has 3 N–H and O–H groups in total. The van der Waals surface area contributed by atoms with Crippen LogP contribution >= 0.6 is 0 Å². The molecule has 0 radical (unpaired) electrons. The van der Waals surface area contributed by atoms with Crippen LogP contribution in [0, 0.1) is 0 Å². The van der Waals surface area contributed by atoms with Gasteiger partial charge in [-0.25, -0.2) is 13.1 Å². The third-order valence-corrected chi connectivity index (χ3v) is 3.26. The maximum absolute atomic E-state index is 11.1. The van der Waals surface area contributed by atoms with E-state index in [0.29, 0.717) is 0 Å². The van der Waals surface area contributed by atoms with Crippen LogP contribution in [0.25, 0.3) is 0 Å². The van der Waals surface area contributed by atoms with Crippen molar-refractivity contribution in [1.82, 2.24) is 10.0 Å². The Hall–Kier alpha value is -0.660. The van der Waals surface area contributed by atoms with E-state index in [9.17, 15) is 13.2 Å². The lowest BCUT2D eigenvalue weighted by molar-refractivity contribution is -0.134. The van der Waals surface area contributed by atoms with Gasteiger partial charge in [0.15, 0.2) is 5.75 Å². The van der Waals surface area contributed by atoms with Crippen molar-refractivity contribution in [1.29, 1.82) is 0 Å². The van der Waals surface area contributed by atoms with Gasteiger partial charge in [-0.3, -0.25) is 4.79 Å². The summed E-state index contributed by atoms with van der Waals surface area (Å²) in [7, 11) is -3.66. The number of hydrogen-bond acceptors (Lipinski definition) is 4. The van der Waals surface area contributed by atoms with Crippen molar-refractivity contribution in [2.45, 2.75) is 18.9 Å². The zero-order valence-electron chi connectivity index (χ0n) is 7.69. The van der Waals surface area contributed by atoms with Crippen LogP contribution in [0.5, 0.6) is 0 Å². The van der Waals surface area contributed by atoms with Gasteiger partial charge < -0.3 is 10.4 Å². The largest absolute Gasteiger partial charge is 0.480 e. The van der Waals surface area contributed by atoms with Crippen LogP contribution in [0.1, 0.15) is 12.8 Å². The molecule has 82 valence electrons. The van der Waals surface area contributed by atoms with Gasteiger partial charge in [0, 0.05) is 12.6 Å². The lowest BCUT2D eigenvalue weighted by Gasteiger charge is -2.10. The summed E-state index contributed by atoms with van der Waals surface area (Å²) in [6.07, 6.45) is 1.96. The molecule has 0 aromatic carbocycles. The number of carboxylic acid groups (broad SMARTS) is 1.